The van der Waals surface area contributed by atoms with Gasteiger partial charge < -0.3 is 4.74 Å². The standard InChI is InChI=1S/C9H16N2O3S2/c1-5-6(2)15-9(11-5)8(14-4)7(3)16(10,12)13/h7-8H,1-4H3,(H2,10,12,13)/t7-,8-/m0/s1. The second kappa shape index (κ2) is 4.79. The number of aromatic nitrogens is 1. The van der Waals surface area contributed by atoms with Crippen LogP contribution in [0.15, 0.2) is 0 Å². The quantitative estimate of drug-likeness (QED) is 0.883. The molecular formula is C9H16N2O3S2. The maximum absolute atomic E-state index is 11.3. The van der Waals surface area contributed by atoms with E-state index in [9.17, 15) is 8.42 Å². The minimum Gasteiger partial charge on any atom is -0.373 e. The Morgan fingerprint density at radius 1 is 1.44 bits per heavy atom. The molecule has 1 aromatic heterocycles. The summed E-state index contributed by atoms with van der Waals surface area (Å²) in [5.74, 6) is 0. The third kappa shape index (κ3) is 2.79. The molecule has 0 radical (unpaired) electrons. The van der Waals surface area contributed by atoms with Crippen molar-refractivity contribution in [3.8, 4) is 0 Å². The van der Waals surface area contributed by atoms with E-state index in [2.05, 4.69) is 4.98 Å². The molecule has 0 aliphatic heterocycles. The van der Waals surface area contributed by atoms with Crippen LogP contribution in [0.25, 0.3) is 0 Å². The number of hydrogen-bond donors (Lipinski definition) is 1. The fourth-order valence-corrected chi connectivity index (χ4v) is 3.06. The molecule has 0 aliphatic rings. The first kappa shape index (κ1) is 13.6. The third-order valence-corrected chi connectivity index (χ3v) is 4.90. The average Bonchev–Trinajstić information content (AvgIpc) is 2.46. The van der Waals surface area contributed by atoms with Crippen LogP contribution in [0, 0.1) is 13.8 Å². The topological polar surface area (TPSA) is 82.3 Å². The van der Waals surface area contributed by atoms with Crippen molar-refractivity contribution in [3.05, 3.63) is 15.6 Å². The fourth-order valence-electron chi connectivity index (χ4n) is 1.28. The summed E-state index contributed by atoms with van der Waals surface area (Å²) in [7, 11) is -2.17. The molecule has 0 spiro atoms. The van der Waals surface area contributed by atoms with Gasteiger partial charge in [0, 0.05) is 12.0 Å². The fraction of sp³-hybridized carbons (Fsp3) is 0.667. The van der Waals surface area contributed by atoms with Gasteiger partial charge in [-0.15, -0.1) is 11.3 Å². The first-order valence-electron chi connectivity index (χ1n) is 4.75. The molecule has 0 amide bonds. The summed E-state index contributed by atoms with van der Waals surface area (Å²) in [5.41, 5.74) is 0.892. The van der Waals surface area contributed by atoms with E-state index in [1.807, 2.05) is 13.8 Å². The number of sulfonamides is 1. The molecule has 0 saturated heterocycles. The van der Waals surface area contributed by atoms with Crippen LogP contribution in [-0.2, 0) is 14.8 Å². The highest BCUT2D eigenvalue weighted by Crippen LogP contribution is 2.29. The van der Waals surface area contributed by atoms with Crippen molar-refractivity contribution < 1.29 is 13.2 Å². The summed E-state index contributed by atoms with van der Waals surface area (Å²) < 4.78 is 27.7. The Morgan fingerprint density at radius 2 is 2.00 bits per heavy atom. The summed E-state index contributed by atoms with van der Waals surface area (Å²) in [6, 6.07) is 0. The number of nitrogens with zero attached hydrogens (tertiary/aromatic N) is 1. The monoisotopic (exact) mass is 264 g/mol. The van der Waals surface area contributed by atoms with E-state index < -0.39 is 21.4 Å². The number of methoxy groups -OCH3 is 1. The highest BCUT2D eigenvalue weighted by Gasteiger charge is 2.30. The van der Waals surface area contributed by atoms with Gasteiger partial charge in [0.25, 0.3) is 0 Å². The van der Waals surface area contributed by atoms with Gasteiger partial charge in [-0.05, 0) is 20.8 Å². The second-order valence-corrected chi connectivity index (χ2v) is 6.80. The Kier molecular flexibility index (Phi) is 4.06. The van der Waals surface area contributed by atoms with E-state index in [-0.39, 0.29) is 0 Å². The minimum absolute atomic E-state index is 0.604. The normalized spacial score (nSPS) is 16.1. The number of rotatable bonds is 4. The smallest absolute Gasteiger partial charge is 0.214 e. The highest BCUT2D eigenvalue weighted by molar-refractivity contribution is 7.89. The molecule has 0 aromatic carbocycles. The number of thiazole rings is 1. The van der Waals surface area contributed by atoms with Crippen molar-refractivity contribution in [2.75, 3.05) is 7.11 Å². The molecule has 7 heteroatoms. The first-order chi connectivity index (χ1) is 7.27. The lowest BCUT2D eigenvalue weighted by Gasteiger charge is -2.18. The van der Waals surface area contributed by atoms with E-state index in [0.717, 1.165) is 10.6 Å². The molecule has 0 unspecified atom stereocenters. The molecule has 0 bridgehead atoms. The van der Waals surface area contributed by atoms with Crippen LogP contribution in [0.5, 0.6) is 0 Å². The SMILES string of the molecule is CO[C@H](c1nc(C)c(C)s1)[C@H](C)S(N)(=O)=O. The summed E-state index contributed by atoms with van der Waals surface area (Å²) in [5, 5.41) is 4.96. The lowest BCUT2D eigenvalue weighted by atomic mass is 10.3. The van der Waals surface area contributed by atoms with Gasteiger partial charge in [-0.25, -0.2) is 18.5 Å². The molecule has 16 heavy (non-hydrogen) atoms. The van der Waals surface area contributed by atoms with E-state index in [1.165, 1.54) is 25.4 Å². The van der Waals surface area contributed by atoms with Gasteiger partial charge in [-0.3, -0.25) is 0 Å². The van der Waals surface area contributed by atoms with E-state index in [4.69, 9.17) is 9.88 Å². The van der Waals surface area contributed by atoms with Crippen molar-refractivity contribution in [3.63, 3.8) is 0 Å². The Labute approximate surface area is 99.7 Å². The van der Waals surface area contributed by atoms with Gasteiger partial charge in [0.15, 0.2) is 0 Å². The van der Waals surface area contributed by atoms with Crippen molar-refractivity contribution >= 4 is 21.4 Å². The van der Waals surface area contributed by atoms with Gasteiger partial charge in [0.2, 0.25) is 10.0 Å². The van der Waals surface area contributed by atoms with Gasteiger partial charge in [-0.1, -0.05) is 0 Å². The zero-order chi connectivity index (χ0) is 12.5. The molecule has 2 atom stereocenters. The number of primary sulfonamides is 1. The molecule has 1 heterocycles. The largest absolute Gasteiger partial charge is 0.373 e. The van der Waals surface area contributed by atoms with Gasteiger partial charge in [0.1, 0.15) is 16.4 Å². The van der Waals surface area contributed by atoms with Gasteiger partial charge >= 0.3 is 0 Å². The van der Waals surface area contributed by atoms with Crippen LogP contribution < -0.4 is 5.14 Å². The maximum atomic E-state index is 11.3. The van der Waals surface area contributed by atoms with Crippen molar-refractivity contribution in [1.82, 2.24) is 4.98 Å². The number of nitrogens with two attached hydrogens (primary N) is 1. The first-order valence-corrected chi connectivity index (χ1v) is 7.18. The van der Waals surface area contributed by atoms with Crippen molar-refractivity contribution in [2.45, 2.75) is 32.1 Å². The van der Waals surface area contributed by atoms with Gasteiger partial charge in [0.05, 0.1) is 5.69 Å². The number of ether oxygens (including phenoxy) is 1. The average molecular weight is 264 g/mol. The van der Waals surface area contributed by atoms with Crippen LogP contribution in [0.1, 0.15) is 28.6 Å². The third-order valence-electron chi connectivity index (χ3n) is 2.49. The number of aryl methyl sites for hydroxylation is 2. The molecule has 1 rings (SSSR count). The van der Waals surface area contributed by atoms with Crippen LogP contribution in [0.2, 0.25) is 0 Å². The Morgan fingerprint density at radius 3 is 2.31 bits per heavy atom. The summed E-state index contributed by atoms with van der Waals surface area (Å²) in [6.45, 7) is 5.34. The zero-order valence-electron chi connectivity index (χ0n) is 9.72. The summed E-state index contributed by atoms with van der Waals surface area (Å²) in [6.07, 6.45) is -0.604. The van der Waals surface area contributed by atoms with E-state index in [1.54, 1.807) is 0 Å². The second-order valence-electron chi connectivity index (χ2n) is 3.64. The lowest BCUT2D eigenvalue weighted by molar-refractivity contribution is 0.102. The van der Waals surface area contributed by atoms with Crippen LogP contribution >= 0.6 is 11.3 Å². The van der Waals surface area contributed by atoms with Crippen molar-refractivity contribution in [1.29, 1.82) is 0 Å². The maximum Gasteiger partial charge on any atom is 0.214 e. The van der Waals surface area contributed by atoms with Gasteiger partial charge in [-0.2, -0.15) is 0 Å². The van der Waals surface area contributed by atoms with Crippen LogP contribution in [0.4, 0.5) is 0 Å². The molecule has 5 nitrogen and oxygen atoms in total. The summed E-state index contributed by atoms with van der Waals surface area (Å²) >= 11 is 1.44. The molecule has 2 N–H and O–H groups in total. The zero-order valence-corrected chi connectivity index (χ0v) is 11.4. The molecule has 0 aliphatic carbocycles. The Balaban J connectivity index is 3.08. The van der Waals surface area contributed by atoms with E-state index >= 15 is 0 Å². The highest BCUT2D eigenvalue weighted by atomic mass is 32.2. The van der Waals surface area contributed by atoms with E-state index in [0.29, 0.717) is 5.01 Å². The molecule has 0 saturated carbocycles. The Hall–Kier alpha value is -0.500. The molecule has 1 aromatic rings. The summed E-state index contributed by atoms with van der Waals surface area (Å²) in [4.78, 5) is 5.34. The number of hydrogen-bond acceptors (Lipinski definition) is 5. The van der Waals surface area contributed by atoms with Crippen molar-refractivity contribution in [2.24, 2.45) is 5.14 Å². The predicted molar refractivity (Wildman–Crippen MR) is 63.9 cm³/mol. The predicted octanol–water partition coefficient (Wildman–Crippen LogP) is 1.12. The van der Waals surface area contributed by atoms with Crippen LogP contribution in [0.3, 0.4) is 0 Å². The lowest BCUT2D eigenvalue weighted by Crippen LogP contribution is -2.32. The molecular weight excluding hydrogens is 248 g/mol. The Bertz CT molecular complexity index is 448. The molecule has 92 valence electrons. The molecule has 0 fully saturated rings. The minimum atomic E-state index is -3.62. The van der Waals surface area contributed by atoms with Crippen LogP contribution in [-0.4, -0.2) is 25.8 Å².